The number of hydrogen-bond acceptors (Lipinski definition) is 5. The molecule has 0 aliphatic carbocycles. The van der Waals surface area contributed by atoms with Crippen molar-refractivity contribution >= 4 is 50.4 Å². The summed E-state index contributed by atoms with van der Waals surface area (Å²) in [4.78, 5) is 31.9. The van der Waals surface area contributed by atoms with Gasteiger partial charge in [0.15, 0.2) is 0 Å². The van der Waals surface area contributed by atoms with Crippen LogP contribution in [0.15, 0.2) is 60.0 Å². The second-order valence-electron chi connectivity index (χ2n) is 7.44. The maximum Gasteiger partial charge on any atom is 0.263 e. The molecule has 2 amide bonds. The lowest BCUT2D eigenvalue weighted by molar-refractivity contribution is -0.123. The van der Waals surface area contributed by atoms with Crippen LogP contribution in [0, 0.1) is 12.8 Å². The topological polar surface area (TPSA) is 62.3 Å². The van der Waals surface area contributed by atoms with E-state index in [1.807, 2.05) is 47.8 Å². The molecule has 1 fully saturated rings. The molecule has 0 atom stereocenters. The molecule has 150 valence electrons. The quantitative estimate of drug-likeness (QED) is 0.490. The molecular formula is C23H19N3O2S2. The zero-order valence-corrected chi connectivity index (χ0v) is 17.9. The molecule has 0 bridgehead atoms. The van der Waals surface area contributed by atoms with E-state index in [-0.39, 0.29) is 17.7 Å². The first kappa shape index (κ1) is 19.0. The van der Waals surface area contributed by atoms with Crippen molar-refractivity contribution in [2.45, 2.75) is 6.92 Å². The highest BCUT2D eigenvalue weighted by Gasteiger charge is 2.36. The highest BCUT2D eigenvalue weighted by Crippen LogP contribution is 2.31. The van der Waals surface area contributed by atoms with Crippen LogP contribution in [0.4, 0.5) is 5.69 Å². The lowest BCUT2D eigenvalue weighted by Crippen LogP contribution is -2.54. The number of benzene rings is 2. The molecule has 4 aromatic rings. The Morgan fingerprint density at radius 1 is 1.10 bits per heavy atom. The molecule has 2 aromatic heterocycles. The molecular weight excluding hydrogens is 414 g/mol. The van der Waals surface area contributed by atoms with Gasteiger partial charge in [-0.1, -0.05) is 12.1 Å². The smallest absolute Gasteiger partial charge is 0.263 e. The molecule has 0 saturated carbocycles. The summed E-state index contributed by atoms with van der Waals surface area (Å²) in [5.41, 5.74) is 4.01. The van der Waals surface area contributed by atoms with Crippen molar-refractivity contribution in [2.75, 3.05) is 18.4 Å². The molecule has 0 spiro atoms. The summed E-state index contributed by atoms with van der Waals surface area (Å²) in [6, 6.07) is 17.7. The van der Waals surface area contributed by atoms with Gasteiger partial charge in [-0.2, -0.15) is 0 Å². The zero-order valence-electron chi connectivity index (χ0n) is 16.3. The number of fused-ring (bicyclic) bond motifs is 1. The summed E-state index contributed by atoms with van der Waals surface area (Å²) in [6.45, 7) is 3.01. The molecule has 5 nitrogen and oxygen atoms in total. The number of thiazole rings is 1. The molecule has 3 heterocycles. The second kappa shape index (κ2) is 7.66. The Balaban J connectivity index is 1.21. The monoisotopic (exact) mass is 433 g/mol. The van der Waals surface area contributed by atoms with Gasteiger partial charge in [-0.05, 0) is 60.3 Å². The number of aromatic nitrogens is 1. The summed E-state index contributed by atoms with van der Waals surface area (Å²) < 4.78 is 1.18. The molecule has 1 aliphatic heterocycles. The van der Waals surface area contributed by atoms with Crippen molar-refractivity contribution < 1.29 is 9.59 Å². The Hall–Kier alpha value is -3.03. The van der Waals surface area contributed by atoms with Gasteiger partial charge in [0.2, 0.25) is 5.91 Å². The van der Waals surface area contributed by atoms with E-state index in [0.29, 0.717) is 13.1 Å². The molecule has 1 saturated heterocycles. The number of hydrogen-bond donors (Lipinski definition) is 1. The normalized spacial score (nSPS) is 14.0. The average molecular weight is 434 g/mol. The molecule has 0 unspecified atom stereocenters. The van der Waals surface area contributed by atoms with Crippen molar-refractivity contribution in [3.63, 3.8) is 0 Å². The van der Waals surface area contributed by atoms with E-state index in [1.165, 1.54) is 21.6 Å². The summed E-state index contributed by atoms with van der Waals surface area (Å²) in [6.07, 6.45) is 0. The van der Waals surface area contributed by atoms with E-state index in [4.69, 9.17) is 4.98 Å². The highest BCUT2D eigenvalue weighted by molar-refractivity contribution is 7.21. The number of amides is 2. The van der Waals surface area contributed by atoms with E-state index in [9.17, 15) is 9.59 Å². The number of likely N-dealkylation sites (tertiary alicyclic amines) is 1. The van der Waals surface area contributed by atoms with Crippen LogP contribution in [0.5, 0.6) is 0 Å². The van der Waals surface area contributed by atoms with Crippen LogP contribution >= 0.6 is 22.7 Å². The zero-order chi connectivity index (χ0) is 20.7. The Kier molecular flexibility index (Phi) is 4.84. The van der Waals surface area contributed by atoms with Gasteiger partial charge < -0.3 is 10.2 Å². The van der Waals surface area contributed by atoms with E-state index in [2.05, 4.69) is 24.4 Å². The Labute approximate surface area is 182 Å². The van der Waals surface area contributed by atoms with Crippen molar-refractivity contribution in [1.82, 2.24) is 9.88 Å². The van der Waals surface area contributed by atoms with Gasteiger partial charge >= 0.3 is 0 Å². The van der Waals surface area contributed by atoms with Gasteiger partial charge in [0.05, 0.1) is 21.0 Å². The number of thiophene rings is 1. The minimum atomic E-state index is -0.166. The highest BCUT2D eigenvalue weighted by atomic mass is 32.1. The van der Waals surface area contributed by atoms with Crippen LogP contribution in [-0.2, 0) is 4.79 Å². The van der Waals surface area contributed by atoms with Crippen LogP contribution in [0.2, 0.25) is 0 Å². The third-order valence-electron chi connectivity index (χ3n) is 5.21. The molecule has 2 aromatic carbocycles. The Bertz CT molecular complexity index is 1220. The van der Waals surface area contributed by atoms with Crippen LogP contribution in [0.3, 0.4) is 0 Å². The summed E-state index contributed by atoms with van der Waals surface area (Å²) >= 11 is 3.09. The first-order valence-corrected chi connectivity index (χ1v) is 11.4. The van der Waals surface area contributed by atoms with E-state index in [0.717, 1.165) is 26.7 Å². The second-order valence-corrected chi connectivity index (χ2v) is 9.42. The molecule has 30 heavy (non-hydrogen) atoms. The van der Waals surface area contributed by atoms with Crippen LogP contribution in [0.1, 0.15) is 15.2 Å². The maximum atomic E-state index is 12.5. The average Bonchev–Trinajstić information content (AvgIpc) is 3.37. The number of aryl methyl sites for hydroxylation is 1. The molecule has 0 radical (unpaired) electrons. The standard InChI is InChI=1S/C23H19N3O2S2/c1-14-4-9-18-20(11-14)30-22(25-18)15-5-7-17(8-6-15)24-21(27)16-12-26(13-16)23(28)19-3-2-10-29-19/h2-11,16H,12-13H2,1H3,(H,24,27). The fourth-order valence-corrected chi connectivity index (χ4v) is 5.22. The van der Waals surface area contributed by atoms with Gasteiger partial charge in [-0.15, -0.1) is 22.7 Å². The number of rotatable bonds is 4. The van der Waals surface area contributed by atoms with Crippen molar-refractivity contribution in [3.05, 3.63) is 70.4 Å². The van der Waals surface area contributed by atoms with Crippen molar-refractivity contribution in [2.24, 2.45) is 5.92 Å². The third kappa shape index (κ3) is 3.62. The predicted octanol–water partition coefficient (Wildman–Crippen LogP) is 5.04. The summed E-state index contributed by atoms with van der Waals surface area (Å²) in [5, 5.41) is 5.81. The lowest BCUT2D eigenvalue weighted by atomic mass is 9.98. The minimum Gasteiger partial charge on any atom is -0.336 e. The van der Waals surface area contributed by atoms with Crippen LogP contribution < -0.4 is 5.32 Å². The fraction of sp³-hybridized carbons (Fsp3) is 0.174. The number of anilines is 1. The van der Waals surface area contributed by atoms with Crippen LogP contribution in [-0.4, -0.2) is 34.8 Å². The predicted molar refractivity (Wildman–Crippen MR) is 122 cm³/mol. The number of nitrogens with zero attached hydrogens (tertiary/aromatic N) is 2. The fourth-order valence-electron chi connectivity index (χ4n) is 3.46. The Morgan fingerprint density at radius 3 is 2.63 bits per heavy atom. The third-order valence-corrected chi connectivity index (χ3v) is 7.14. The first-order chi connectivity index (χ1) is 14.6. The van der Waals surface area contributed by atoms with Crippen molar-refractivity contribution in [3.8, 4) is 10.6 Å². The van der Waals surface area contributed by atoms with E-state index < -0.39 is 0 Å². The number of carbonyl (C=O) groups excluding carboxylic acids is 2. The van der Waals surface area contributed by atoms with E-state index in [1.54, 1.807) is 16.2 Å². The van der Waals surface area contributed by atoms with Gasteiger partial charge in [-0.3, -0.25) is 9.59 Å². The van der Waals surface area contributed by atoms with Gasteiger partial charge in [0, 0.05) is 24.3 Å². The summed E-state index contributed by atoms with van der Waals surface area (Å²) in [7, 11) is 0. The SMILES string of the molecule is Cc1ccc2nc(-c3ccc(NC(=O)C4CN(C(=O)c5cccs5)C4)cc3)sc2c1. The maximum absolute atomic E-state index is 12.5. The molecule has 1 N–H and O–H groups in total. The van der Waals surface area contributed by atoms with Crippen LogP contribution in [0.25, 0.3) is 20.8 Å². The Morgan fingerprint density at radius 2 is 1.90 bits per heavy atom. The van der Waals surface area contributed by atoms with Crippen molar-refractivity contribution in [1.29, 1.82) is 0 Å². The summed E-state index contributed by atoms with van der Waals surface area (Å²) in [5.74, 6) is -0.209. The van der Waals surface area contributed by atoms with Gasteiger partial charge in [0.25, 0.3) is 5.91 Å². The molecule has 5 rings (SSSR count). The molecule has 7 heteroatoms. The van der Waals surface area contributed by atoms with Gasteiger partial charge in [-0.25, -0.2) is 4.98 Å². The van der Waals surface area contributed by atoms with E-state index >= 15 is 0 Å². The number of carbonyl (C=O) groups is 2. The lowest BCUT2D eigenvalue weighted by Gasteiger charge is -2.37. The largest absolute Gasteiger partial charge is 0.336 e. The molecule has 1 aliphatic rings. The number of nitrogens with one attached hydrogen (secondary N) is 1. The minimum absolute atomic E-state index is 0.00410. The first-order valence-electron chi connectivity index (χ1n) is 9.68. The van der Waals surface area contributed by atoms with Gasteiger partial charge in [0.1, 0.15) is 5.01 Å².